The van der Waals surface area contributed by atoms with Gasteiger partial charge < -0.3 is 10.4 Å². The summed E-state index contributed by atoms with van der Waals surface area (Å²) in [5.74, 6) is -0.889. The highest BCUT2D eigenvalue weighted by Crippen LogP contribution is 2.33. The first-order valence-corrected chi connectivity index (χ1v) is 9.60. The molecule has 0 atom stereocenters. The van der Waals surface area contributed by atoms with Gasteiger partial charge in [-0.25, -0.2) is 13.1 Å². The summed E-state index contributed by atoms with van der Waals surface area (Å²) in [6.45, 7) is 2.46. The van der Waals surface area contributed by atoms with Crippen LogP contribution >= 0.6 is 0 Å². The van der Waals surface area contributed by atoms with Crippen LogP contribution in [0.3, 0.4) is 0 Å². The fraction of sp³-hybridized carbons (Fsp3) is 0.533. The second-order valence-electron chi connectivity index (χ2n) is 6.07. The molecule has 1 aliphatic carbocycles. The molecule has 1 aliphatic rings. The molecule has 10 nitrogen and oxygen atoms in total. The zero-order chi connectivity index (χ0) is 19.5. The van der Waals surface area contributed by atoms with Crippen LogP contribution in [0, 0.1) is 10.1 Å². The maximum absolute atomic E-state index is 11.8. The van der Waals surface area contributed by atoms with Crippen LogP contribution in [0.2, 0.25) is 0 Å². The van der Waals surface area contributed by atoms with Crippen LogP contribution in [0.25, 0.3) is 0 Å². The molecule has 0 saturated heterocycles. The minimum Gasteiger partial charge on any atom is -0.480 e. The van der Waals surface area contributed by atoms with E-state index in [-0.39, 0.29) is 34.9 Å². The lowest BCUT2D eigenvalue weighted by Gasteiger charge is -2.42. The van der Waals surface area contributed by atoms with Crippen LogP contribution in [0.5, 0.6) is 0 Å². The maximum atomic E-state index is 11.8. The Morgan fingerprint density at radius 1 is 1.42 bits per heavy atom. The molecule has 0 bridgehead atoms. The molecule has 3 N–H and O–H groups in total. The van der Waals surface area contributed by atoms with Gasteiger partial charge in [-0.2, -0.15) is 0 Å². The predicted octanol–water partition coefficient (Wildman–Crippen LogP) is 0.852. The van der Waals surface area contributed by atoms with E-state index in [1.807, 2.05) is 11.8 Å². The lowest BCUT2D eigenvalue weighted by atomic mass is 9.85. The van der Waals surface area contributed by atoms with Gasteiger partial charge in [0.2, 0.25) is 10.0 Å². The van der Waals surface area contributed by atoms with Gasteiger partial charge in [0, 0.05) is 18.2 Å². The monoisotopic (exact) mass is 386 g/mol. The van der Waals surface area contributed by atoms with E-state index in [4.69, 9.17) is 5.11 Å². The summed E-state index contributed by atoms with van der Waals surface area (Å²) in [5.41, 5.74) is -0.0718. The summed E-state index contributed by atoms with van der Waals surface area (Å²) < 4.78 is 25.7. The van der Waals surface area contributed by atoms with Crippen molar-refractivity contribution in [3.05, 3.63) is 28.3 Å². The number of aliphatic carboxylic acids is 1. The summed E-state index contributed by atoms with van der Waals surface area (Å²) in [5, 5.41) is 23.3. The molecule has 0 aromatic heterocycles. The summed E-state index contributed by atoms with van der Waals surface area (Å²) in [6.07, 6.45) is 1.32. The molecule has 1 fully saturated rings. The molecule has 0 heterocycles. The van der Waals surface area contributed by atoms with Gasteiger partial charge in [0.1, 0.15) is 5.69 Å². The third kappa shape index (κ3) is 4.48. The number of carbonyl (C=O) groups is 1. The van der Waals surface area contributed by atoms with Gasteiger partial charge in [0.05, 0.1) is 16.4 Å². The van der Waals surface area contributed by atoms with Gasteiger partial charge in [0.15, 0.2) is 0 Å². The normalized spacial score (nSPS) is 19.8. The Labute approximate surface area is 151 Å². The quantitative estimate of drug-likeness (QED) is 0.419. The zero-order valence-corrected chi connectivity index (χ0v) is 15.3. The number of nitro groups is 1. The molecular weight excluding hydrogens is 364 g/mol. The predicted molar refractivity (Wildman–Crippen MR) is 94.7 cm³/mol. The summed E-state index contributed by atoms with van der Waals surface area (Å²) in [7, 11) is -2.54. The molecule has 0 spiro atoms. The van der Waals surface area contributed by atoms with Crippen molar-refractivity contribution in [1.29, 1.82) is 0 Å². The average molecular weight is 386 g/mol. The van der Waals surface area contributed by atoms with Crippen molar-refractivity contribution >= 4 is 27.4 Å². The van der Waals surface area contributed by atoms with Crippen molar-refractivity contribution in [2.75, 3.05) is 25.5 Å². The van der Waals surface area contributed by atoms with E-state index in [1.54, 1.807) is 0 Å². The Morgan fingerprint density at radius 2 is 2.08 bits per heavy atom. The highest BCUT2D eigenvalue weighted by Gasteiger charge is 2.35. The third-order valence-corrected chi connectivity index (χ3v) is 5.89. The largest absolute Gasteiger partial charge is 0.480 e. The van der Waals surface area contributed by atoms with E-state index in [1.165, 1.54) is 19.2 Å². The lowest BCUT2D eigenvalue weighted by molar-refractivity contribution is -0.384. The van der Waals surface area contributed by atoms with Gasteiger partial charge in [-0.1, -0.05) is 6.92 Å². The van der Waals surface area contributed by atoms with E-state index in [9.17, 15) is 23.3 Å². The van der Waals surface area contributed by atoms with Crippen LogP contribution in [-0.2, 0) is 14.8 Å². The van der Waals surface area contributed by atoms with Crippen molar-refractivity contribution in [1.82, 2.24) is 9.62 Å². The third-order valence-electron chi connectivity index (χ3n) is 4.48. The highest BCUT2D eigenvalue weighted by molar-refractivity contribution is 7.89. The molecular formula is C15H22N4O6S. The number of rotatable bonds is 9. The van der Waals surface area contributed by atoms with E-state index in [2.05, 4.69) is 10.0 Å². The molecule has 0 amide bonds. The molecule has 0 aliphatic heterocycles. The van der Waals surface area contributed by atoms with Crippen LogP contribution in [-0.4, -0.2) is 61.5 Å². The van der Waals surface area contributed by atoms with Crippen LogP contribution < -0.4 is 10.0 Å². The van der Waals surface area contributed by atoms with E-state index in [0.717, 1.165) is 6.07 Å². The van der Waals surface area contributed by atoms with Crippen LogP contribution in [0.4, 0.5) is 11.4 Å². The van der Waals surface area contributed by atoms with Crippen molar-refractivity contribution in [2.45, 2.75) is 36.7 Å². The second kappa shape index (κ2) is 7.98. The Balaban J connectivity index is 2.09. The van der Waals surface area contributed by atoms with E-state index < -0.39 is 20.9 Å². The van der Waals surface area contributed by atoms with Gasteiger partial charge in [-0.3, -0.25) is 19.8 Å². The highest BCUT2D eigenvalue weighted by atomic mass is 32.2. The first kappa shape index (κ1) is 20.1. The Kier molecular flexibility index (Phi) is 6.16. The summed E-state index contributed by atoms with van der Waals surface area (Å²) in [6, 6.07) is 3.78. The molecule has 1 aromatic carbocycles. The molecule has 144 valence electrons. The number of carboxylic acids is 1. The number of hydrogen-bond donors (Lipinski definition) is 3. The number of nitro benzene ring substituents is 1. The zero-order valence-electron chi connectivity index (χ0n) is 14.5. The number of likely N-dealkylation sites (N-methyl/N-ethyl adjacent to an activating group) is 1. The Morgan fingerprint density at radius 3 is 2.58 bits per heavy atom. The Hall–Kier alpha value is -2.24. The number of anilines is 1. The number of benzene rings is 1. The number of nitrogens with one attached hydrogen (secondary N) is 2. The maximum Gasteiger partial charge on any atom is 0.317 e. The lowest BCUT2D eigenvalue weighted by Crippen LogP contribution is -2.51. The molecule has 26 heavy (non-hydrogen) atoms. The molecule has 11 heteroatoms. The van der Waals surface area contributed by atoms with E-state index >= 15 is 0 Å². The van der Waals surface area contributed by atoms with Crippen LogP contribution in [0.15, 0.2) is 23.1 Å². The second-order valence-corrected chi connectivity index (χ2v) is 7.95. The van der Waals surface area contributed by atoms with E-state index in [0.29, 0.717) is 19.4 Å². The minimum atomic E-state index is -3.77. The van der Waals surface area contributed by atoms with Gasteiger partial charge in [-0.05, 0) is 38.6 Å². The van der Waals surface area contributed by atoms with Gasteiger partial charge in [-0.15, -0.1) is 0 Å². The number of nitrogens with zero attached hydrogens (tertiary/aromatic N) is 2. The Bertz CT molecular complexity index is 791. The van der Waals surface area contributed by atoms with Crippen molar-refractivity contribution < 1.29 is 23.2 Å². The van der Waals surface area contributed by atoms with Crippen LogP contribution in [0.1, 0.15) is 19.8 Å². The molecule has 0 unspecified atom stereocenters. The molecule has 1 saturated carbocycles. The summed E-state index contributed by atoms with van der Waals surface area (Å²) >= 11 is 0. The fourth-order valence-corrected chi connectivity index (χ4v) is 3.72. The van der Waals surface area contributed by atoms with Crippen molar-refractivity contribution in [2.24, 2.45) is 0 Å². The van der Waals surface area contributed by atoms with Gasteiger partial charge in [0.25, 0.3) is 5.69 Å². The summed E-state index contributed by atoms with van der Waals surface area (Å²) in [4.78, 5) is 23.2. The molecule has 1 aromatic rings. The number of hydrogen-bond acceptors (Lipinski definition) is 7. The molecule has 0 radical (unpaired) electrons. The smallest absolute Gasteiger partial charge is 0.317 e. The minimum absolute atomic E-state index is 0.0340. The standard InChI is InChI=1S/C15H22N4O6S/c1-3-18(9-15(20)21)11-6-10(7-11)17-13-5-4-12(26(24,25)16-2)8-14(13)19(22)23/h4-5,8,10-11,16-17H,3,6-7,9H2,1-2H3,(H,20,21). The first-order valence-electron chi connectivity index (χ1n) is 8.12. The number of carboxylic acid groups (broad SMARTS) is 1. The average Bonchev–Trinajstić information content (AvgIpc) is 2.55. The number of sulfonamides is 1. The topological polar surface area (TPSA) is 142 Å². The van der Waals surface area contributed by atoms with Crippen molar-refractivity contribution in [3.63, 3.8) is 0 Å². The van der Waals surface area contributed by atoms with Crippen molar-refractivity contribution in [3.8, 4) is 0 Å². The fourth-order valence-electron chi connectivity index (χ4n) is 2.97. The van der Waals surface area contributed by atoms with Gasteiger partial charge >= 0.3 is 5.97 Å². The molecule has 2 rings (SSSR count). The first-order chi connectivity index (χ1) is 12.2. The SMILES string of the molecule is CCN(CC(=O)O)C1CC(Nc2ccc(S(=O)(=O)NC)cc2[N+](=O)[O-])C1.